The van der Waals surface area contributed by atoms with Crippen LogP contribution in [0, 0.1) is 0 Å². The lowest BCUT2D eigenvalue weighted by molar-refractivity contribution is -0.126. The van der Waals surface area contributed by atoms with E-state index in [9.17, 15) is 19.2 Å². The summed E-state index contributed by atoms with van der Waals surface area (Å²) in [6, 6.07) is 8.84. The first-order valence-corrected chi connectivity index (χ1v) is 12.8. The van der Waals surface area contributed by atoms with Gasteiger partial charge in [-0.3, -0.25) is 34.1 Å². The fraction of sp³-hybridized carbons (Fsp3) is 0.393. The number of aromatic nitrogens is 2. The second-order valence-corrected chi connectivity index (χ2v) is 10.2. The molecular weight excluding hydrogens is 470 g/mol. The first-order chi connectivity index (χ1) is 17.9. The lowest BCUT2D eigenvalue weighted by Gasteiger charge is -2.38. The molecule has 4 amide bonds. The van der Waals surface area contributed by atoms with Crippen LogP contribution in [0.2, 0.25) is 0 Å². The van der Waals surface area contributed by atoms with Crippen molar-refractivity contribution in [2.45, 2.75) is 57.5 Å². The van der Waals surface area contributed by atoms with Gasteiger partial charge in [0.2, 0.25) is 18.7 Å². The molecule has 37 heavy (non-hydrogen) atoms. The van der Waals surface area contributed by atoms with Gasteiger partial charge in [0.1, 0.15) is 6.04 Å². The van der Waals surface area contributed by atoms with Crippen LogP contribution < -0.4 is 10.2 Å². The van der Waals surface area contributed by atoms with E-state index in [1.807, 2.05) is 42.1 Å². The van der Waals surface area contributed by atoms with Crippen LogP contribution in [0.25, 0.3) is 10.8 Å². The number of hydrogen-bond donors (Lipinski definition) is 1. The van der Waals surface area contributed by atoms with Crippen molar-refractivity contribution >= 4 is 41.1 Å². The van der Waals surface area contributed by atoms with Crippen LogP contribution >= 0.6 is 0 Å². The molecule has 192 valence electrons. The van der Waals surface area contributed by atoms with Crippen molar-refractivity contribution in [3.63, 3.8) is 0 Å². The smallest absolute Gasteiger partial charge is 0.259 e. The fourth-order valence-corrected chi connectivity index (χ4v) is 5.64. The van der Waals surface area contributed by atoms with Gasteiger partial charge >= 0.3 is 0 Å². The summed E-state index contributed by atoms with van der Waals surface area (Å²) in [6.07, 6.45) is 8.73. The Labute approximate surface area is 215 Å². The Hall–Kier alpha value is -4.01. The van der Waals surface area contributed by atoms with Gasteiger partial charge in [0.15, 0.2) is 0 Å². The SMILES string of the molecule is CCCC(C(=O)NC=O)N1C(=O)c2cccc3c(Cc4cnn(C5(C)CCN(C=O)CC5)c4)ccc1c23. The second kappa shape index (κ2) is 9.80. The summed E-state index contributed by atoms with van der Waals surface area (Å²) in [5, 5.41) is 8.70. The molecule has 0 saturated carbocycles. The van der Waals surface area contributed by atoms with Crippen LogP contribution in [0.3, 0.4) is 0 Å². The summed E-state index contributed by atoms with van der Waals surface area (Å²) < 4.78 is 2.02. The molecule has 1 saturated heterocycles. The Kier molecular flexibility index (Phi) is 6.54. The molecule has 3 aromatic rings. The molecule has 1 fully saturated rings. The Morgan fingerprint density at radius 2 is 1.97 bits per heavy atom. The van der Waals surface area contributed by atoms with E-state index in [2.05, 4.69) is 23.5 Å². The summed E-state index contributed by atoms with van der Waals surface area (Å²) in [6.45, 7) is 5.56. The van der Waals surface area contributed by atoms with Gasteiger partial charge in [0.05, 0.1) is 17.4 Å². The largest absolute Gasteiger partial charge is 0.345 e. The van der Waals surface area contributed by atoms with Crippen molar-refractivity contribution in [2.24, 2.45) is 0 Å². The number of hydrogen-bond acceptors (Lipinski definition) is 5. The van der Waals surface area contributed by atoms with E-state index in [1.165, 1.54) is 4.90 Å². The van der Waals surface area contributed by atoms with Gasteiger partial charge in [-0.1, -0.05) is 31.5 Å². The molecule has 2 aromatic carbocycles. The van der Waals surface area contributed by atoms with E-state index in [0.29, 0.717) is 36.9 Å². The first-order valence-electron chi connectivity index (χ1n) is 12.8. The molecule has 1 aromatic heterocycles. The van der Waals surface area contributed by atoms with Crippen molar-refractivity contribution in [3.05, 3.63) is 59.4 Å². The van der Waals surface area contributed by atoms with E-state index in [-0.39, 0.29) is 11.4 Å². The highest BCUT2D eigenvalue weighted by Gasteiger charge is 2.38. The molecule has 1 unspecified atom stereocenters. The number of likely N-dealkylation sites (tertiary alicyclic amines) is 1. The highest BCUT2D eigenvalue weighted by molar-refractivity contribution is 6.27. The molecule has 2 aliphatic rings. The average Bonchev–Trinajstić information content (AvgIpc) is 3.49. The van der Waals surface area contributed by atoms with Crippen molar-refractivity contribution in [1.82, 2.24) is 20.0 Å². The Morgan fingerprint density at radius 3 is 2.68 bits per heavy atom. The molecule has 5 rings (SSSR count). The molecule has 1 atom stereocenters. The summed E-state index contributed by atoms with van der Waals surface area (Å²) in [5.41, 5.74) is 3.27. The predicted molar refractivity (Wildman–Crippen MR) is 139 cm³/mol. The lowest BCUT2D eigenvalue weighted by Crippen LogP contribution is -2.48. The number of imide groups is 1. The molecule has 1 N–H and O–H groups in total. The molecule has 0 spiro atoms. The summed E-state index contributed by atoms with van der Waals surface area (Å²) in [5.74, 6) is -0.699. The van der Waals surface area contributed by atoms with Gasteiger partial charge < -0.3 is 4.90 Å². The van der Waals surface area contributed by atoms with Gasteiger partial charge in [0, 0.05) is 36.7 Å². The fourth-order valence-electron chi connectivity index (χ4n) is 5.64. The zero-order chi connectivity index (χ0) is 26.2. The monoisotopic (exact) mass is 501 g/mol. The van der Waals surface area contributed by atoms with Crippen LogP contribution in [0.4, 0.5) is 5.69 Å². The summed E-state index contributed by atoms with van der Waals surface area (Å²) in [4.78, 5) is 51.5. The van der Waals surface area contributed by atoms with Gasteiger partial charge in [-0.25, -0.2) is 0 Å². The van der Waals surface area contributed by atoms with Gasteiger partial charge in [-0.05, 0) is 54.8 Å². The standard InChI is InChI=1S/C28H31N5O4/c1-3-5-24(26(36)29-17-34)33-23-9-8-20(21-6-4-7-22(25(21)23)27(33)37)14-19-15-30-32(16-19)28(2)10-12-31(18-35)13-11-28/h4,6-9,15-18,24H,3,5,10-14H2,1-2H3,(H,29,34,36). The van der Waals surface area contributed by atoms with Crippen molar-refractivity contribution in [2.75, 3.05) is 18.0 Å². The third-order valence-corrected chi connectivity index (χ3v) is 7.80. The Bertz CT molecular complexity index is 1370. The third-order valence-electron chi connectivity index (χ3n) is 7.80. The molecule has 9 nitrogen and oxygen atoms in total. The van der Waals surface area contributed by atoms with Crippen LogP contribution in [0.1, 0.15) is 61.0 Å². The minimum absolute atomic E-state index is 0.136. The van der Waals surface area contributed by atoms with Crippen LogP contribution in [0.15, 0.2) is 42.7 Å². The summed E-state index contributed by atoms with van der Waals surface area (Å²) >= 11 is 0. The maximum absolute atomic E-state index is 13.4. The molecule has 0 radical (unpaired) electrons. The summed E-state index contributed by atoms with van der Waals surface area (Å²) in [7, 11) is 0. The highest BCUT2D eigenvalue weighted by Crippen LogP contribution is 2.41. The maximum Gasteiger partial charge on any atom is 0.259 e. The minimum Gasteiger partial charge on any atom is -0.345 e. The zero-order valence-electron chi connectivity index (χ0n) is 21.1. The number of piperidine rings is 1. The second-order valence-electron chi connectivity index (χ2n) is 10.2. The number of rotatable bonds is 9. The van der Waals surface area contributed by atoms with Gasteiger partial charge in [-0.2, -0.15) is 5.10 Å². The average molecular weight is 502 g/mol. The third kappa shape index (κ3) is 4.28. The quantitative estimate of drug-likeness (QED) is 0.454. The van der Waals surface area contributed by atoms with E-state index < -0.39 is 11.9 Å². The zero-order valence-corrected chi connectivity index (χ0v) is 21.1. The number of amides is 4. The number of carbonyl (C=O) groups is 4. The molecule has 0 bridgehead atoms. The van der Waals surface area contributed by atoms with E-state index in [0.717, 1.165) is 54.2 Å². The number of nitrogens with zero attached hydrogens (tertiary/aromatic N) is 4. The number of nitrogens with one attached hydrogen (secondary N) is 1. The molecular formula is C28H31N5O4. The normalized spacial score (nSPS) is 17.2. The van der Waals surface area contributed by atoms with Crippen molar-refractivity contribution in [1.29, 1.82) is 0 Å². The Balaban J connectivity index is 1.46. The van der Waals surface area contributed by atoms with Crippen molar-refractivity contribution < 1.29 is 19.2 Å². The maximum atomic E-state index is 13.4. The van der Waals surface area contributed by atoms with Crippen LogP contribution in [0.5, 0.6) is 0 Å². The molecule has 2 aliphatic heterocycles. The predicted octanol–water partition coefficient (Wildman–Crippen LogP) is 3.00. The van der Waals surface area contributed by atoms with Gasteiger partial charge in [0.25, 0.3) is 5.91 Å². The number of anilines is 1. The van der Waals surface area contributed by atoms with Crippen LogP contribution in [-0.2, 0) is 26.3 Å². The topological polar surface area (TPSA) is 105 Å². The van der Waals surface area contributed by atoms with E-state index in [4.69, 9.17) is 0 Å². The number of carbonyl (C=O) groups excluding carboxylic acids is 4. The first kappa shape index (κ1) is 24.7. The van der Waals surface area contributed by atoms with Gasteiger partial charge in [-0.15, -0.1) is 0 Å². The van der Waals surface area contributed by atoms with E-state index >= 15 is 0 Å². The molecule has 0 aliphatic carbocycles. The van der Waals surface area contributed by atoms with Crippen molar-refractivity contribution in [3.8, 4) is 0 Å². The van der Waals surface area contributed by atoms with E-state index in [1.54, 1.807) is 11.0 Å². The minimum atomic E-state index is -0.756. The number of benzene rings is 2. The molecule has 9 heteroatoms. The Morgan fingerprint density at radius 1 is 1.19 bits per heavy atom. The van der Waals surface area contributed by atoms with Crippen LogP contribution in [-0.4, -0.2) is 58.4 Å². The highest BCUT2D eigenvalue weighted by atomic mass is 16.2. The lowest BCUT2D eigenvalue weighted by atomic mass is 9.90. The molecule has 3 heterocycles.